The van der Waals surface area contributed by atoms with Crippen LogP contribution in [0.1, 0.15) is 6.42 Å². The number of nitrogens with zero attached hydrogens (tertiary/aromatic N) is 2. The van der Waals surface area contributed by atoms with Crippen LogP contribution in [-0.4, -0.2) is 37.2 Å². The van der Waals surface area contributed by atoms with E-state index in [4.69, 9.17) is 0 Å². The average Bonchev–Trinajstić information content (AvgIpc) is 2.60. The summed E-state index contributed by atoms with van der Waals surface area (Å²) in [6.45, 7) is 3.58. The molecule has 11 heavy (non-hydrogen) atoms. The van der Waals surface area contributed by atoms with Gasteiger partial charge in [0.2, 0.25) is 6.41 Å². The number of carbonyl (C=O) groups is 1. The van der Waals surface area contributed by atoms with E-state index in [1.807, 2.05) is 6.21 Å². The minimum atomic E-state index is 0.550. The van der Waals surface area contributed by atoms with E-state index in [2.05, 4.69) is 9.89 Å². The SMILES string of the molecule is O=CN=CC1CN2CC[C@H]1C2. The van der Waals surface area contributed by atoms with Crippen molar-refractivity contribution < 1.29 is 4.79 Å². The molecule has 0 aromatic rings. The van der Waals surface area contributed by atoms with Gasteiger partial charge in [-0.15, -0.1) is 0 Å². The molecule has 60 valence electrons. The van der Waals surface area contributed by atoms with E-state index in [0.29, 0.717) is 12.3 Å². The standard InChI is InChI=1S/C8H12N2O/c11-6-9-3-8-5-10-2-1-7(8)4-10/h3,6-8H,1-2,4-5H2/t7-,8?/m0/s1. The fraction of sp³-hybridized carbons (Fsp3) is 0.750. The highest BCUT2D eigenvalue weighted by molar-refractivity contribution is 5.72. The van der Waals surface area contributed by atoms with Gasteiger partial charge in [0.25, 0.3) is 0 Å². The third-order valence-electron chi connectivity index (χ3n) is 2.72. The molecular formula is C8H12N2O. The Morgan fingerprint density at radius 3 is 2.91 bits per heavy atom. The van der Waals surface area contributed by atoms with Crippen molar-refractivity contribution in [2.24, 2.45) is 16.8 Å². The number of hydrogen-bond donors (Lipinski definition) is 0. The lowest BCUT2D eigenvalue weighted by Gasteiger charge is -2.17. The molecule has 2 bridgehead atoms. The van der Waals surface area contributed by atoms with Crippen LogP contribution in [0.15, 0.2) is 4.99 Å². The molecule has 3 nitrogen and oxygen atoms in total. The quantitative estimate of drug-likeness (QED) is 0.417. The number of amides is 1. The summed E-state index contributed by atoms with van der Waals surface area (Å²) < 4.78 is 0. The molecule has 0 saturated carbocycles. The van der Waals surface area contributed by atoms with Gasteiger partial charge in [-0.2, -0.15) is 0 Å². The van der Waals surface area contributed by atoms with Crippen LogP contribution in [0.4, 0.5) is 0 Å². The minimum Gasteiger partial charge on any atom is -0.302 e. The molecule has 2 rings (SSSR count). The molecule has 2 saturated heterocycles. The zero-order valence-electron chi connectivity index (χ0n) is 6.44. The van der Waals surface area contributed by atoms with Crippen LogP contribution in [0.5, 0.6) is 0 Å². The average molecular weight is 152 g/mol. The van der Waals surface area contributed by atoms with Gasteiger partial charge in [-0.1, -0.05) is 0 Å². The van der Waals surface area contributed by atoms with Gasteiger partial charge in [-0.3, -0.25) is 4.79 Å². The largest absolute Gasteiger partial charge is 0.302 e. The van der Waals surface area contributed by atoms with Crippen LogP contribution in [0.2, 0.25) is 0 Å². The topological polar surface area (TPSA) is 32.7 Å². The van der Waals surface area contributed by atoms with Gasteiger partial charge < -0.3 is 4.90 Å². The molecule has 0 aromatic carbocycles. The van der Waals surface area contributed by atoms with Crippen LogP contribution >= 0.6 is 0 Å². The lowest BCUT2D eigenvalue weighted by molar-refractivity contribution is -0.106. The number of hydrogen-bond acceptors (Lipinski definition) is 2. The summed E-state index contributed by atoms with van der Waals surface area (Å²) >= 11 is 0. The van der Waals surface area contributed by atoms with Gasteiger partial charge in [-0.25, -0.2) is 4.99 Å². The number of piperidine rings is 1. The fourth-order valence-electron chi connectivity index (χ4n) is 2.14. The van der Waals surface area contributed by atoms with Gasteiger partial charge in [0, 0.05) is 25.2 Å². The maximum Gasteiger partial charge on any atom is 0.232 e. The number of carbonyl (C=O) groups excluding carboxylic acids is 1. The normalized spacial score (nSPS) is 42.0. The van der Waals surface area contributed by atoms with E-state index in [-0.39, 0.29) is 0 Å². The summed E-state index contributed by atoms with van der Waals surface area (Å²) in [6.07, 6.45) is 3.73. The predicted molar refractivity (Wildman–Crippen MR) is 42.6 cm³/mol. The summed E-state index contributed by atoms with van der Waals surface area (Å²) in [5.41, 5.74) is 0. The molecule has 2 aliphatic rings. The van der Waals surface area contributed by atoms with E-state index in [1.165, 1.54) is 19.5 Å². The molecule has 3 heteroatoms. The monoisotopic (exact) mass is 152 g/mol. The summed E-state index contributed by atoms with van der Waals surface area (Å²) in [5.74, 6) is 1.33. The molecule has 0 aliphatic carbocycles. The Labute approximate surface area is 66.1 Å². The van der Waals surface area contributed by atoms with Crippen LogP contribution < -0.4 is 0 Å². The van der Waals surface area contributed by atoms with Crippen molar-refractivity contribution in [3.8, 4) is 0 Å². The Kier molecular flexibility index (Phi) is 1.74. The van der Waals surface area contributed by atoms with E-state index in [9.17, 15) is 4.79 Å². The molecule has 2 heterocycles. The molecule has 2 unspecified atom stereocenters. The predicted octanol–water partition coefficient (Wildman–Crippen LogP) is 0.165. The Morgan fingerprint density at radius 1 is 1.45 bits per heavy atom. The van der Waals surface area contributed by atoms with Crippen LogP contribution in [-0.2, 0) is 4.79 Å². The highest BCUT2D eigenvalue weighted by Gasteiger charge is 2.36. The first-order valence-corrected chi connectivity index (χ1v) is 4.09. The second kappa shape index (κ2) is 2.74. The van der Waals surface area contributed by atoms with Gasteiger partial charge in [0.05, 0.1) is 0 Å². The molecule has 0 radical (unpaired) electrons. The first kappa shape index (κ1) is 6.98. The summed E-state index contributed by atoms with van der Waals surface area (Å²) in [7, 11) is 0. The third kappa shape index (κ3) is 1.20. The number of aliphatic imine (C=N–C) groups is 1. The Balaban J connectivity index is 1.97. The molecule has 1 amide bonds. The molecule has 3 atom stereocenters. The first-order valence-electron chi connectivity index (χ1n) is 4.09. The first-order chi connectivity index (χ1) is 5.40. The molecule has 0 spiro atoms. The van der Waals surface area contributed by atoms with E-state index < -0.39 is 0 Å². The third-order valence-corrected chi connectivity index (χ3v) is 2.72. The van der Waals surface area contributed by atoms with Crippen LogP contribution in [0, 0.1) is 11.8 Å². The summed E-state index contributed by atoms with van der Waals surface area (Å²) in [6, 6.07) is 0. The van der Waals surface area contributed by atoms with Crippen molar-refractivity contribution in [1.29, 1.82) is 0 Å². The zero-order valence-corrected chi connectivity index (χ0v) is 6.44. The zero-order chi connectivity index (χ0) is 7.68. The van der Waals surface area contributed by atoms with Crippen molar-refractivity contribution in [3.63, 3.8) is 0 Å². The van der Waals surface area contributed by atoms with Crippen LogP contribution in [0.25, 0.3) is 0 Å². The van der Waals surface area contributed by atoms with Gasteiger partial charge >= 0.3 is 0 Å². The second-order valence-electron chi connectivity index (χ2n) is 3.38. The molecule has 0 N–H and O–H groups in total. The van der Waals surface area contributed by atoms with Crippen molar-refractivity contribution in [2.45, 2.75) is 6.42 Å². The maximum absolute atomic E-state index is 9.96. The lowest BCUT2D eigenvalue weighted by Crippen LogP contribution is -2.24. The van der Waals surface area contributed by atoms with E-state index >= 15 is 0 Å². The lowest BCUT2D eigenvalue weighted by atomic mass is 9.94. The molecule has 0 aromatic heterocycles. The van der Waals surface area contributed by atoms with Gasteiger partial charge in [-0.05, 0) is 18.9 Å². The number of rotatable bonds is 2. The van der Waals surface area contributed by atoms with Crippen molar-refractivity contribution >= 4 is 12.6 Å². The highest BCUT2D eigenvalue weighted by Crippen LogP contribution is 2.31. The Bertz CT molecular complexity index is 191. The maximum atomic E-state index is 9.96. The van der Waals surface area contributed by atoms with E-state index in [1.54, 1.807) is 0 Å². The smallest absolute Gasteiger partial charge is 0.232 e. The van der Waals surface area contributed by atoms with Crippen molar-refractivity contribution in [1.82, 2.24) is 4.90 Å². The summed E-state index contributed by atoms with van der Waals surface area (Å²) in [5, 5.41) is 0. The van der Waals surface area contributed by atoms with Gasteiger partial charge in [0.15, 0.2) is 0 Å². The molecule has 2 fully saturated rings. The van der Waals surface area contributed by atoms with Gasteiger partial charge in [0.1, 0.15) is 0 Å². The fourth-order valence-corrected chi connectivity index (χ4v) is 2.14. The van der Waals surface area contributed by atoms with Crippen molar-refractivity contribution in [3.05, 3.63) is 0 Å². The molecule has 2 aliphatic heterocycles. The Morgan fingerprint density at radius 2 is 2.36 bits per heavy atom. The Hall–Kier alpha value is -0.700. The van der Waals surface area contributed by atoms with Crippen LogP contribution in [0.3, 0.4) is 0 Å². The van der Waals surface area contributed by atoms with E-state index in [0.717, 1.165) is 12.5 Å². The minimum absolute atomic E-state index is 0.550. The number of fused-ring (bicyclic) bond motifs is 2. The van der Waals surface area contributed by atoms with Crippen molar-refractivity contribution in [2.75, 3.05) is 19.6 Å². The molecular weight excluding hydrogens is 140 g/mol. The second-order valence-corrected chi connectivity index (χ2v) is 3.38. The highest BCUT2D eigenvalue weighted by atomic mass is 16.1. The summed E-state index contributed by atoms with van der Waals surface area (Å²) in [4.78, 5) is 16.0.